The summed E-state index contributed by atoms with van der Waals surface area (Å²) in [5.41, 5.74) is 1.19. The van der Waals surface area contributed by atoms with Crippen LogP contribution in [0.3, 0.4) is 0 Å². The Morgan fingerprint density at radius 3 is 2.77 bits per heavy atom. The average Bonchev–Trinajstić information content (AvgIpc) is 3.39. The molecule has 0 radical (unpaired) electrons. The monoisotopic (exact) mass is 455 g/mol. The number of hydrogen-bond acceptors (Lipinski definition) is 7. The third kappa shape index (κ3) is 4.98. The Morgan fingerprint density at radius 2 is 2.06 bits per heavy atom. The van der Waals surface area contributed by atoms with Crippen molar-refractivity contribution in [3.8, 4) is 11.5 Å². The molecule has 1 atom stereocenters. The lowest BCUT2D eigenvalue weighted by Gasteiger charge is -2.18. The average molecular weight is 456 g/mol. The lowest BCUT2D eigenvalue weighted by Crippen LogP contribution is -2.35. The van der Waals surface area contributed by atoms with Gasteiger partial charge in [-0.1, -0.05) is 48.2 Å². The number of hydrogen-bond donors (Lipinski definition) is 0. The first-order valence-electron chi connectivity index (χ1n) is 9.87. The fourth-order valence-corrected chi connectivity index (χ4v) is 4.67. The van der Waals surface area contributed by atoms with Gasteiger partial charge in [-0.3, -0.25) is 9.69 Å². The molecule has 2 aliphatic rings. The number of thiocarbonyl (C=S) groups is 1. The Balaban J connectivity index is 1.49. The zero-order valence-electron chi connectivity index (χ0n) is 16.9. The third-order valence-corrected chi connectivity index (χ3v) is 6.36. The molecule has 0 N–H and O–H groups in total. The molecule has 1 amide bonds. The van der Waals surface area contributed by atoms with Crippen LogP contribution in [0.15, 0.2) is 53.4 Å². The highest BCUT2D eigenvalue weighted by atomic mass is 32.2. The zero-order valence-corrected chi connectivity index (χ0v) is 18.5. The molecule has 2 fully saturated rings. The summed E-state index contributed by atoms with van der Waals surface area (Å²) in [5, 5.41) is 0. The lowest BCUT2D eigenvalue weighted by molar-refractivity contribution is -0.123. The summed E-state index contributed by atoms with van der Waals surface area (Å²) in [7, 11) is 1.50. The van der Waals surface area contributed by atoms with Crippen LogP contribution in [0.1, 0.15) is 28.8 Å². The largest absolute Gasteiger partial charge is 0.493 e. The summed E-state index contributed by atoms with van der Waals surface area (Å²) in [6.07, 6.45) is 3.76. The maximum absolute atomic E-state index is 12.8. The Labute approximate surface area is 190 Å². The molecule has 0 saturated carbocycles. The van der Waals surface area contributed by atoms with Gasteiger partial charge in [-0.25, -0.2) is 4.79 Å². The van der Waals surface area contributed by atoms with Gasteiger partial charge in [-0.15, -0.1) is 0 Å². The van der Waals surface area contributed by atoms with Gasteiger partial charge >= 0.3 is 5.97 Å². The molecule has 2 saturated heterocycles. The van der Waals surface area contributed by atoms with Gasteiger partial charge < -0.3 is 14.2 Å². The number of rotatable bonds is 6. The molecular weight excluding hydrogens is 434 g/mol. The molecule has 2 aromatic rings. The topological polar surface area (TPSA) is 65.1 Å². The first-order chi connectivity index (χ1) is 15.0. The molecular formula is C23H21NO5S2. The first-order valence-corrected chi connectivity index (χ1v) is 11.1. The minimum absolute atomic E-state index is 0.0422. The number of amides is 1. The number of benzene rings is 2. The second kappa shape index (κ2) is 9.64. The molecule has 0 aromatic heterocycles. The molecule has 6 nitrogen and oxygen atoms in total. The van der Waals surface area contributed by atoms with Gasteiger partial charge in [0.05, 0.1) is 30.2 Å². The second-order valence-corrected chi connectivity index (χ2v) is 8.77. The summed E-state index contributed by atoms with van der Waals surface area (Å²) in [6, 6.07) is 13.9. The van der Waals surface area contributed by atoms with Crippen LogP contribution in [-0.2, 0) is 9.53 Å². The van der Waals surface area contributed by atoms with Crippen LogP contribution in [0.2, 0.25) is 0 Å². The maximum Gasteiger partial charge on any atom is 0.343 e. The van der Waals surface area contributed by atoms with Crippen LogP contribution in [0.5, 0.6) is 11.5 Å². The van der Waals surface area contributed by atoms with E-state index < -0.39 is 5.97 Å². The van der Waals surface area contributed by atoms with Crippen molar-refractivity contribution < 1.29 is 23.8 Å². The fraction of sp³-hybridized carbons (Fsp3) is 0.261. The van der Waals surface area contributed by atoms with Crippen molar-refractivity contribution in [1.82, 2.24) is 4.90 Å². The van der Waals surface area contributed by atoms with E-state index in [1.54, 1.807) is 53.4 Å². The van der Waals surface area contributed by atoms with Crippen molar-refractivity contribution in [2.45, 2.75) is 18.9 Å². The van der Waals surface area contributed by atoms with Crippen LogP contribution < -0.4 is 9.47 Å². The Bertz CT molecular complexity index is 1030. The molecule has 160 valence electrons. The van der Waals surface area contributed by atoms with E-state index in [2.05, 4.69) is 0 Å². The van der Waals surface area contributed by atoms with E-state index in [0.29, 0.717) is 32.8 Å². The van der Waals surface area contributed by atoms with Crippen molar-refractivity contribution in [2.75, 3.05) is 20.3 Å². The van der Waals surface area contributed by atoms with Gasteiger partial charge in [0, 0.05) is 6.61 Å². The highest BCUT2D eigenvalue weighted by Gasteiger charge is 2.34. The number of thioether (sulfide) groups is 1. The Morgan fingerprint density at radius 1 is 1.26 bits per heavy atom. The summed E-state index contributed by atoms with van der Waals surface area (Å²) in [5.74, 6) is 0.109. The van der Waals surface area contributed by atoms with Crippen LogP contribution >= 0.6 is 24.0 Å². The molecule has 0 unspecified atom stereocenters. The van der Waals surface area contributed by atoms with Gasteiger partial charge in [0.2, 0.25) is 0 Å². The standard InChI is InChI=1S/C23H21NO5S2/c1-27-19-12-15(9-10-18(19)29-22(26)16-6-3-2-4-7-16)13-20-21(25)24(23(30)31-20)14-17-8-5-11-28-17/h2-4,6-7,9-10,12-13,17H,5,8,11,14H2,1H3/b20-13+/t17-/m0/s1. The molecule has 8 heteroatoms. The smallest absolute Gasteiger partial charge is 0.343 e. The molecule has 0 spiro atoms. The van der Waals surface area contributed by atoms with E-state index in [0.717, 1.165) is 25.0 Å². The van der Waals surface area contributed by atoms with E-state index in [4.69, 9.17) is 26.4 Å². The molecule has 2 heterocycles. The summed E-state index contributed by atoms with van der Waals surface area (Å²) in [6.45, 7) is 1.22. The minimum Gasteiger partial charge on any atom is -0.493 e. The Hall–Kier alpha value is -2.68. The predicted octanol–water partition coefficient (Wildman–Crippen LogP) is 4.29. The van der Waals surface area contributed by atoms with Crippen molar-refractivity contribution in [1.29, 1.82) is 0 Å². The lowest BCUT2D eigenvalue weighted by atomic mass is 10.1. The SMILES string of the molecule is COc1cc(/C=C2/SC(=S)N(C[C@@H]3CCCO3)C2=O)ccc1OC(=O)c1ccccc1. The number of methoxy groups -OCH3 is 1. The number of esters is 1. The number of nitrogens with zero attached hydrogens (tertiary/aromatic N) is 1. The summed E-state index contributed by atoms with van der Waals surface area (Å²) >= 11 is 6.67. The first kappa shape index (κ1) is 21.5. The van der Waals surface area contributed by atoms with E-state index >= 15 is 0 Å². The van der Waals surface area contributed by atoms with E-state index in [9.17, 15) is 9.59 Å². The van der Waals surface area contributed by atoms with Gasteiger partial charge in [0.25, 0.3) is 5.91 Å². The van der Waals surface area contributed by atoms with Crippen molar-refractivity contribution in [3.05, 3.63) is 64.6 Å². The quantitative estimate of drug-likeness (QED) is 0.279. The number of carbonyl (C=O) groups is 2. The fourth-order valence-electron chi connectivity index (χ4n) is 3.39. The summed E-state index contributed by atoms with van der Waals surface area (Å²) in [4.78, 5) is 27.3. The molecule has 31 heavy (non-hydrogen) atoms. The van der Waals surface area contributed by atoms with E-state index in [1.807, 2.05) is 6.07 Å². The van der Waals surface area contributed by atoms with Gasteiger partial charge in [-0.05, 0) is 48.7 Å². The third-order valence-electron chi connectivity index (χ3n) is 4.98. The molecule has 4 rings (SSSR count). The van der Waals surface area contributed by atoms with Crippen molar-refractivity contribution in [2.24, 2.45) is 0 Å². The molecule has 2 aromatic carbocycles. The molecule has 2 aliphatic heterocycles. The van der Waals surface area contributed by atoms with Crippen LogP contribution in [0, 0.1) is 0 Å². The maximum atomic E-state index is 12.8. The van der Waals surface area contributed by atoms with E-state index in [-0.39, 0.29) is 12.0 Å². The van der Waals surface area contributed by atoms with Crippen LogP contribution in [0.25, 0.3) is 6.08 Å². The molecule has 0 bridgehead atoms. The van der Waals surface area contributed by atoms with E-state index in [1.165, 1.54) is 18.9 Å². The minimum atomic E-state index is -0.471. The van der Waals surface area contributed by atoms with Crippen molar-refractivity contribution in [3.63, 3.8) is 0 Å². The van der Waals surface area contributed by atoms with Crippen LogP contribution in [0.4, 0.5) is 0 Å². The number of ether oxygens (including phenoxy) is 3. The normalized spacial score (nSPS) is 19.8. The molecule has 0 aliphatic carbocycles. The zero-order chi connectivity index (χ0) is 21.8. The number of carbonyl (C=O) groups excluding carboxylic acids is 2. The van der Waals surface area contributed by atoms with Gasteiger partial charge in [-0.2, -0.15) is 0 Å². The predicted molar refractivity (Wildman–Crippen MR) is 123 cm³/mol. The Kier molecular flexibility index (Phi) is 6.70. The second-order valence-electron chi connectivity index (χ2n) is 7.09. The van der Waals surface area contributed by atoms with Crippen molar-refractivity contribution >= 4 is 46.3 Å². The highest BCUT2D eigenvalue weighted by molar-refractivity contribution is 8.26. The highest BCUT2D eigenvalue weighted by Crippen LogP contribution is 2.35. The summed E-state index contributed by atoms with van der Waals surface area (Å²) < 4.78 is 17.0. The van der Waals surface area contributed by atoms with Gasteiger partial charge in [0.15, 0.2) is 11.5 Å². The van der Waals surface area contributed by atoms with Crippen LogP contribution in [-0.4, -0.2) is 47.5 Å². The van der Waals surface area contributed by atoms with Gasteiger partial charge in [0.1, 0.15) is 4.32 Å².